The van der Waals surface area contributed by atoms with Gasteiger partial charge < -0.3 is 9.29 Å². The number of hydrogen-bond acceptors (Lipinski definition) is 4. The van der Waals surface area contributed by atoms with Crippen LogP contribution in [0, 0.1) is 11.7 Å². The molecule has 1 N–H and O–H groups in total. The van der Waals surface area contributed by atoms with Gasteiger partial charge in [-0.15, -0.1) is 4.72 Å². The van der Waals surface area contributed by atoms with Gasteiger partial charge in [0.25, 0.3) is 0 Å². The summed E-state index contributed by atoms with van der Waals surface area (Å²) < 4.78 is 34.2. The van der Waals surface area contributed by atoms with Gasteiger partial charge >= 0.3 is 5.97 Å². The molecular formula is C17H25ClFNO3S. The molecule has 1 aromatic carbocycles. The second-order valence-corrected chi connectivity index (χ2v) is 9.38. The Hall–Kier alpha value is -0.820. The van der Waals surface area contributed by atoms with E-state index in [9.17, 15) is 13.7 Å². The highest BCUT2D eigenvalue weighted by atomic mass is 35.5. The van der Waals surface area contributed by atoms with E-state index in [1.165, 1.54) is 12.1 Å². The summed E-state index contributed by atoms with van der Waals surface area (Å²) in [7, 11) is 0. The van der Waals surface area contributed by atoms with Crippen LogP contribution in [0.15, 0.2) is 18.2 Å². The number of hydrogen-bond donors (Lipinski definition) is 1. The smallest absolute Gasteiger partial charge is 0.307 e. The molecule has 24 heavy (non-hydrogen) atoms. The highest BCUT2D eigenvalue weighted by Gasteiger charge is 2.32. The zero-order valence-corrected chi connectivity index (χ0v) is 16.3. The van der Waals surface area contributed by atoms with E-state index in [2.05, 4.69) is 4.72 Å². The number of carbonyl (C=O) groups excluding carboxylic acids is 1. The SMILES string of the molecule is CC(C)COC(=O)C[C@H](N[S@+]([O-])C(C)(C)C)c1cccc(Cl)c1F. The first-order valence-corrected chi connectivity index (χ1v) is 9.32. The molecule has 7 heteroatoms. The predicted octanol–water partition coefficient (Wildman–Crippen LogP) is 4.16. The van der Waals surface area contributed by atoms with Crippen LogP contribution in [0.2, 0.25) is 5.02 Å². The van der Waals surface area contributed by atoms with Crippen molar-refractivity contribution in [3.63, 3.8) is 0 Å². The van der Waals surface area contributed by atoms with E-state index in [0.29, 0.717) is 0 Å². The minimum atomic E-state index is -1.48. The average Bonchev–Trinajstić information content (AvgIpc) is 2.46. The summed E-state index contributed by atoms with van der Waals surface area (Å²) in [4.78, 5) is 12.0. The van der Waals surface area contributed by atoms with Crippen LogP contribution in [-0.2, 0) is 20.9 Å². The Balaban J connectivity index is 2.99. The van der Waals surface area contributed by atoms with E-state index in [0.717, 1.165) is 0 Å². The summed E-state index contributed by atoms with van der Waals surface area (Å²) >= 11 is 4.35. The van der Waals surface area contributed by atoms with Crippen molar-refractivity contribution in [2.45, 2.75) is 51.8 Å². The third kappa shape index (κ3) is 6.59. The molecule has 0 unspecified atom stereocenters. The van der Waals surface area contributed by atoms with Crippen LogP contribution in [0.1, 0.15) is 52.6 Å². The molecule has 136 valence electrons. The second kappa shape index (κ2) is 9.04. The molecule has 0 aliphatic heterocycles. The molecule has 1 rings (SSSR count). The van der Waals surface area contributed by atoms with Crippen LogP contribution in [-0.4, -0.2) is 21.9 Å². The van der Waals surface area contributed by atoms with E-state index in [1.54, 1.807) is 26.8 Å². The lowest BCUT2D eigenvalue weighted by Crippen LogP contribution is -2.42. The zero-order valence-electron chi connectivity index (χ0n) is 14.7. The van der Waals surface area contributed by atoms with Crippen molar-refractivity contribution < 1.29 is 18.5 Å². The van der Waals surface area contributed by atoms with Crippen molar-refractivity contribution in [3.8, 4) is 0 Å². The number of benzene rings is 1. The van der Waals surface area contributed by atoms with Gasteiger partial charge in [0.1, 0.15) is 10.6 Å². The van der Waals surface area contributed by atoms with Gasteiger partial charge in [-0.1, -0.05) is 37.6 Å². The minimum Gasteiger partial charge on any atom is -0.598 e. The first-order chi connectivity index (χ1) is 11.0. The summed E-state index contributed by atoms with van der Waals surface area (Å²) in [5.74, 6) is -0.905. The normalized spacial score (nSPS) is 14.5. The number of nitrogens with one attached hydrogen (secondary N) is 1. The summed E-state index contributed by atoms with van der Waals surface area (Å²) in [6.45, 7) is 9.50. The van der Waals surface area contributed by atoms with Crippen molar-refractivity contribution in [3.05, 3.63) is 34.6 Å². The molecule has 0 radical (unpaired) electrons. The van der Waals surface area contributed by atoms with E-state index in [-0.39, 0.29) is 29.5 Å². The lowest BCUT2D eigenvalue weighted by atomic mass is 10.0. The highest BCUT2D eigenvalue weighted by molar-refractivity contribution is 7.90. The van der Waals surface area contributed by atoms with Crippen molar-refractivity contribution in [2.75, 3.05) is 6.61 Å². The molecule has 0 spiro atoms. The Morgan fingerprint density at radius 2 is 2.04 bits per heavy atom. The number of rotatable bonds is 7. The Kier molecular flexibility index (Phi) is 7.99. The monoisotopic (exact) mass is 377 g/mol. The Morgan fingerprint density at radius 1 is 1.42 bits per heavy atom. The minimum absolute atomic E-state index is 0.0450. The summed E-state index contributed by atoms with van der Waals surface area (Å²) in [5.41, 5.74) is 0.196. The fourth-order valence-corrected chi connectivity index (χ4v) is 2.80. The number of esters is 1. The van der Waals surface area contributed by atoms with Crippen molar-refractivity contribution in [2.24, 2.45) is 5.92 Å². The van der Waals surface area contributed by atoms with Gasteiger partial charge in [-0.05, 0) is 32.8 Å². The first kappa shape index (κ1) is 21.2. The third-order valence-corrected chi connectivity index (χ3v) is 5.01. The lowest BCUT2D eigenvalue weighted by molar-refractivity contribution is -0.145. The molecule has 0 saturated heterocycles. The van der Waals surface area contributed by atoms with E-state index in [1.807, 2.05) is 13.8 Å². The van der Waals surface area contributed by atoms with Crippen molar-refractivity contribution >= 4 is 28.9 Å². The molecule has 0 aliphatic rings. The third-order valence-electron chi connectivity index (χ3n) is 3.11. The van der Waals surface area contributed by atoms with Gasteiger partial charge in [0, 0.05) is 16.9 Å². The van der Waals surface area contributed by atoms with Crippen LogP contribution >= 0.6 is 11.6 Å². The average molecular weight is 378 g/mol. The van der Waals surface area contributed by atoms with Gasteiger partial charge in [-0.2, -0.15) is 0 Å². The fourth-order valence-electron chi connectivity index (χ4n) is 1.80. The largest absolute Gasteiger partial charge is 0.598 e. The Morgan fingerprint density at radius 3 is 2.58 bits per heavy atom. The number of ether oxygens (including phenoxy) is 1. The van der Waals surface area contributed by atoms with Crippen LogP contribution in [0.4, 0.5) is 4.39 Å². The van der Waals surface area contributed by atoms with Gasteiger partial charge in [-0.25, -0.2) is 4.39 Å². The molecular weight excluding hydrogens is 353 g/mol. The van der Waals surface area contributed by atoms with Gasteiger partial charge in [0.15, 0.2) is 0 Å². The highest BCUT2D eigenvalue weighted by Crippen LogP contribution is 2.28. The van der Waals surface area contributed by atoms with Gasteiger partial charge in [-0.3, -0.25) is 4.79 Å². The molecule has 0 heterocycles. The maximum atomic E-state index is 14.3. The standard InChI is InChI=1S/C17H25ClFNO3S/c1-11(2)10-23-15(21)9-14(20-24(22)17(3,4)5)12-7-6-8-13(18)16(12)19/h6-8,11,14,20H,9-10H2,1-5H3/t14-,24+/m0/s1. The lowest BCUT2D eigenvalue weighted by Gasteiger charge is -2.28. The molecule has 4 nitrogen and oxygen atoms in total. The quantitative estimate of drug-likeness (QED) is 0.572. The van der Waals surface area contributed by atoms with Crippen molar-refractivity contribution in [1.29, 1.82) is 0 Å². The van der Waals surface area contributed by atoms with E-state index < -0.39 is 33.9 Å². The Bertz CT molecular complexity index is 563. The molecule has 2 atom stereocenters. The summed E-state index contributed by atoms with van der Waals surface area (Å²) in [6, 6.07) is 3.75. The summed E-state index contributed by atoms with van der Waals surface area (Å²) in [6.07, 6.45) is -0.133. The molecule has 0 bridgehead atoms. The Labute approximate surface area is 151 Å². The molecule has 0 saturated carbocycles. The predicted molar refractivity (Wildman–Crippen MR) is 95.6 cm³/mol. The van der Waals surface area contributed by atoms with Crippen LogP contribution < -0.4 is 4.72 Å². The zero-order chi connectivity index (χ0) is 18.5. The van der Waals surface area contributed by atoms with Crippen LogP contribution in [0.3, 0.4) is 0 Å². The topological polar surface area (TPSA) is 61.4 Å². The van der Waals surface area contributed by atoms with Gasteiger partial charge in [0.2, 0.25) is 0 Å². The summed E-state index contributed by atoms with van der Waals surface area (Å²) in [5, 5.41) is -0.0450. The number of halogens is 2. The van der Waals surface area contributed by atoms with Crippen LogP contribution in [0.5, 0.6) is 0 Å². The molecule has 0 aromatic heterocycles. The fraction of sp³-hybridized carbons (Fsp3) is 0.588. The maximum absolute atomic E-state index is 14.3. The second-order valence-electron chi connectivity index (χ2n) is 6.98. The van der Waals surface area contributed by atoms with Crippen LogP contribution in [0.25, 0.3) is 0 Å². The molecule has 0 amide bonds. The van der Waals surface area contributed by atoms with Gasteiger partial charge in [0.05, 0.1) is 24.1 Å². The number of carbonyl (C=O) groups is 1. The van der Waals surface area contributed by atoms with E-state index in [4.69, 9.17) is 16.3 Å². The molecule has 1 aromatic rings. The van der Waals surface area contributed by atoms with Crippen molar-refractivity contribution in [1.82, 2.24) is 4.72 Å². The first-order valence-electron chi connectivity index (χ1n) is 7.80. The van der Waals surface area contributed by atoms with E-state index >= 15 is 0 Å². The molecule has 0 fully saturated rings. The maximum Gasteiger partial charge on any atom is 0.307 e. The molecule has 0 aliphatic carbocycles.